The summed E-state index contributed by atoms with van der Waals surface area (Å²) in [6.07, 6.45) is -0.257. The number of thiophene rings is 1. The molecule has 3 atom stereocenters. The van der Waals surface area contributed by atoms with Crippen molar-refractivity contribution < 1.29 is 14.3 Å². The Morgan fingerprint density at radius 1 is 1.29 bits per heavy atom. The summed E-state index contributed by atoms with van der Waals surface area (Å²) >= 11 is 1.52. The summed E-state index contributed by atoms with van der Waals surface area (Å²) in [5, 5.41) is 2.01. The monoisotopic (exact) mass is 307 g/mol. The number of hydrogen-bond donors (Lipinski definition) is 0. The molecular weight excluding hydrogens is 286 g/mol. The number of aryl methyl sites for hydroxylation is 1. The number of nitrogens with zero attached hydrogens (tertiary/aromatic N) is 1. The zero-order chi connectivity index (χ0) is 15.4. The number of fused-ring (bicyclic) bond motifs is 1. The van der Waals surface area contributed by atoms with E-state index in [-0.39, 0.29) is 17.8 Å². The first-order chi connectivity index (χ1) is 9.76. The Morgan fingerprint density at radius 3 is 2.38 bits per heavy atom. The second kappa shape index (κ2) is 4.83. The molecule has 0 bridgehead atoms. The smallest absolute Gasteiger partial charge is 0.410 e. The molecule has 1 aliphatic heterocycles. The van der Waals surface area contributed by atoms with Gasteiger partial charge in [0.1, 0.15) is 5.60 Å². The zero-order valence-corrected chi connectivity index (χ0v) is 13.7. The highest BCUT2D eigenvalue weighted by Gasteiger charge is 2.60. The maximum absolute atomic E-state index is 12.4. The first-order valence-corrected chi connectivity index (χ1v) is 8.21. The van der Waals surface area contributed by atoms with Crippen LogP contribution >= 0.6 is 11.3 Å². The van der Waals surface area contributed by atoms with E-state index in [0.717, 1.165) is 10.4 Å². The molecule has 1 amide bonds. The van der Waals surface area contributed by atoms with E-state index in [4.69, 9.17) is 4.74 Å². The van der Waals surface area contributed by atoms with Crippen LogP contribution in [0.3, 0.4) is 0 Å². The molecule has 0 radical (unpaired) electrons. The first kappa shape index (κ1) is 14.6. The number of carbonyl (C=O) groups excluding carboxylic acids is 2. The predicted octanol–water partition coefficient (Wildman–Crippen LogP) is 3.35. The maximum Gasteiger partial charge on any atom is 0.410 e. The van der Waals surface area contributed by atoms with Crippen LogP contribution in [0.1, 0.15) is 36.0 Å². The van der Waals surface area contributed by atoms with Gasteiger partial charge in [-0.1, -0.05) is 0 Å². The fraction of sp³-hybridized carbons (Fsp3) is 0.625. The summed E-state index contributed by atoms with van der Waals surface area (Å²) in [5.74, 6) is 1.02. The molecule has 1 saturated carbocycles. The van der Waals surface area contributed by atoms with Crippen molar-refractivity contribution in [1.29, 1.82) is 0 Å². The molecule has 21 heavy (non-hydrogen) atoms. The van der Waals surface area contributed by atoms with E-state index in [1.165, 1.54) is 11.3 Å². The lowest BCUT2D eigenvalue weighted by Crippen LogP contribution is -2.37. The number of likely N-dealkylation sites (tertiary alicyclic amines) is 1. The molecular formula is C16H21NO3S. The second-order valence-electron chi connectivity index (χ2n) is 7.09. The molecule has 0 spiro atoms. The third-order valence-corrected chi connectivity index (χ3v) is 5.18. The lowest BCUT2D eigenvalue weighted by Gasteiger charge is -2.25. The lowest BCUT2D eigenvalue weighted by atomic mass is 10.1. The normalized spacial score (nSPS) is 27.4. The average Bonchev–Trinajstić information content (AvgIpc) is 2.76. The van der Waals surface area contributed by atoms with Gasteiger partial charge in [-0.3, -0.25) is 4.79 Å². The molecule has 0 N–H and O–H groups in total. The standard InChI is InChI=1S/C16H21NO3S/c1-9-5-12(21-8-9)14(18)13-10-6-17(7-11(10)13)15(19)20-16(2,3)4/h5,8,10-11,13H,6-7H2,1-4H3/t10-,11+,13-. The number of piperidine rings is 1. The van der Waals surface area contributed by atoms with Crippen LogP contribution in [0.25, 0.3) is 0 Å². The van der Waals surface area contributed by atoms with E-state index in [2.05, 4.69) is 0 Å². The summed E-state index contributed by atoms with van der Waals surface area (Å²) in [6.45, 7) is 8.92. The van der Waals surface area contributed by atoms with Gasteiger partial charge in [-0.05, 0) is 56.5 Å². The van der Waals surface area contributed by atoms with E-state index in [1.807, 2.05) is 39.1 Å². The van der Waals surface area contributed by atoms with Crippen molar-refractivity contribution in [3.63, 3.8) is 0 Å². The van der Waals surface area contributed by atoms with Crippen LogP contribution in [0.5, 0.6) is 0 Å². The van der Waals surface area contributed by atoms with Crippen LogP contribution in [-0.4, -0.2) is 35.5 Å². The zero-order valence-electron chi connectivity index (χ0n) is 12.9. The van der Waals surface area contributed by atoms with Crippen LogP contribution in [0, 0.1) is 24.7 Å². The van der Waals surface area contributed by atoms with E-state index in [0.29, 0.717) is 24.9 Å². The van der Waals surface area contributed by atoms with Gasteiger partial charge in [0, 0.05) is 19.0 Å². The van der Waals surface area contributed by atoms with Crippen LogP contribution in [-0.2, 0) is 4.74 Å². The van der Waals surface area contributed by atoms with E-state index < -0.39 is 5.60 Å². The Kier molecular flexibility index (Phi) is 3.35. The fourth-order valence-corrected chi connectivity index (χ4v) is 4.00. The summed E-state index contributed by atoms with van der Waals surface area (Å²) in [5.41, 5.74) is 0.678. The third kappa shape index (κ3) is 2.84. The molecule has 5 heteroatoms. The number of rotatable bonds is 2. The van der Waals surface area contributed by atoms with Gasteiger partial charge in [-0.15, -0.1) is 11.3 Å². The quantitative estimate of drug-likeness (QED) is 0.787. The number of carbonyl (C=O) groups is 2. The van der Waals surface area contributed by atoms with Gasteiger partial charge in [0.15, 0.2) is 5.78 Å². The van der Waals surface area contributed by atoms with Gasteiger partial charge < -0.3 is 9.64 Å². The van der Waals surface area contributed by atoms with Crippen molar-refractivity contribution in [3.05, 3.63) is 21.9 Å². The minimum absolute atomic E-state index is 0.113. The Balaban J connectivity index is 1.57. The van der Waals surface area contributed by atoms with Gasteiger partial charge in [0.25, 0.3) is 0 Å². The van der Waals surface area contributed by atoms with Gasteiger partial charge >= 0.3 is 6.09 Å². The SMILES string of the molecule is Cc1csc(C(=O)[C@@H]2[C@@H]3CN(C(=O)OC(C)(C)C)C[C@@H]32)c1. The van der Waals surface area contributed by atoms with E-state index in [9.17, 15) is 9.59 Å². The lowest BCUT2D eigenvalue weighted by molar-refractivity contribution is 0.0264. The average molecular weight is 307 g/mol. The number of Topliss-reactive ketones (excluding diaryl/α,β-unsaturated/α-hetero) is 1. The maximum atomic E-state index is 12.4. The Morgan fingerprint density at radius 2 is 1.90 bits per heavy atom. The van der Waals surface area contributed by atoms with Gasteiger partial charge in [-0.25, -0.2) is 4.79 Å². The van der Waals surface area contributed by atoms with Crippen molar-refractivity contribution in [1.82, 2.24) is 4.90 Å². The van der Waals surface area contributed by atoms with Crippen LogP contribution in [0.2, 0.25) is 0 Å². The summed E-state index contributed by atoms with van der Waals surface area (Å²) in [4.78, 5) is 27.0. The van der Waals surface area contributed by atoms with Crippen molar-refractivity contribution in [3.8, 4) is 0 Å². The molecule has 4 nitrogen and oxygen atoms in total. The molecule has 0 unspecified atom stereocenters. The molecule has 2 fully saturated rings. The Labute approximate surface area is 129 Å². The molecule has 0 aromatic carbocycles. The van der Waals surface area contributed by atoms with Crippen molar-refractivity contribution in [2.75, 3.05) is 13.1 Å². The first-order valence-electron chi connectivity index (χ1n) is 7.33. The van der Waals surface area contributed by atoms with E-state index >= 15 is 0 Å². The highest BCUT2D eigenvalue weighted by atomic mass is 32.1. The number of ether oxygens (including phenoxy) is 1. The molecule has 1 aromatic heterocycles. The van der Waals surface area contributed by atoms with Gasteiger partial charge in [0.05, 0.1) is 4.88 Å². The fourth-order valence-electron chi connectivity index (χ4n) is 3.12. The minimum atomic E-state index is -0.465. The largest absolute Gasteiger partial charge is 0.444 e. The van der Waals surface area contributed by atoms with E-state index in [1.54, 1.807) is 4.90 Å². The van der Waals surface area contributed by atoms with Crippen molar-refractivity contribution in [2.24, 2.45) is 17.8 Å². The molecule has 2 aliphatic rings. The third-order valence-electron chi connectivity index (χ3n) is 4.12. The van der Waals surface area contributed by atoms with Gasteiger partial charge in [-0.2, -0.15) is 0 Å². The number of amides is 1. The molecule has 114 valence electrons. The molecule has 1 saturated heterocycles. The van der Waals surface area contributed by atoms with Crippen LogP contribution in [0.15, 0.2) is 11.4 Å². The second-order valence-corrected chi connectivity index (χ2v) is 8.00. The molecule has 2 heterocycles. The Bertz CT molecular complexity index is 575. The number of hydrogen-bond acceptors (Lipinski definition) is 4. The van der Waals surface area contributed by atoms with Crippen LogP contribution < -0.4 is 0 Å². The summed E-state index contributed by atoms with van der Waals surface area (Å²) in [6, 6.07) is 1.96. The predicted molar refractivity (Wildman–Crippen MR) is 81.7 cm³/mol. The summed E-state index contributed by atoms with van der Waals surface area (Å²) < 4.78 is 5.38. The van der Waals surface area contributed by atoms with Crippen LogP contribution in [0.4, 0.5) is 4.79 Å². The number of ketones is 1. The topological polar surface area (TPSA) is 46.6 Å². The molecule has 1 aromatic rings. The van der Waals surface area contributed by atoms with Crippen molar-refractivity contribution in [2.45, 2.75) is 33.3 Å². The highest BCUT2D eigenvalue weighted by Crippen LogP contribution is 2.53. The van der Waals surface area contributed by atoms with Gasteiger partial charge in [0.2, 0.25) is 0 Å². The Hall–Kier alpha value is -1.36. The molecule has 1 aliphatic carbocycles. The highest BCUT2D eigenvalue weighted by molar-refractivity contribution is 7.12. The summed E-state index contributed by atoms with van der Waals surface area (Å²) in [7, 11) is 0. The minimum Gasteiger partial charge on any atom is -0.444 e. The molecule has 3 rings (SSSR count). The van der Waals surface area contributed by atoms with Crippen molar-refractivity contribution >= 4 is 23.2 Å².